The third kappa shape index (κ3) is 5.28. The number of hydrogen-bond acceptors (Lipinski definition) is 9. The summed E-state index contributed by atoms with van der Waals surface area (Å²) in [5.74, 6) is 2.83. The first kappa shape index (κ1) is 23.4. The quantitative estimate of drug-likeness (QED) is 0.374. The Balaban J connectivity index is 1.08. The molecule has 2 aromatic heterocycles. The van der Waals surface area contributed by atoms with E-state index in [2.05, 4.69) is 37.5 Å². The van der Waals surface area contributed by atoms with E-state index < -0.39 is 0 Å². The van der Waals surface area contributed by atoms with Gasteiger partial charge in [-0.25, -0.2) is 4.98 Å². The summed E-state index contributed by atoms with van der Waals surface area (Å²) in [6.45, 7) is 1.58. The Labute approximate surface area is 215 Å². The second kappa shape index (κ2) is 10.2. The molecule has 2 bridgehead atoms. The van der Waals surface area contributed by atoms with E-state index in [1.54, 1.807) is 19.5 Å². The lowest BCUT2D eigenvalue weighted by atomic mass is 9.92. The minimum Gasteiger partial charge on any atom is -0.497 e. The molecule has 2 aliphatic rings. The minimum absolute atomic E-state index is 0.214. The lowest BCUT2D eigenvalue weighted by Gasteiger charge is -2.46. The van der Waals surface area contributed by atoms with Crippen LogP contribution in [0, 0.1) is 0 Å². The Hall–Kier alpha value is -3.95. The van der Waals surface area contributed by atoms with Crippen LogP contribution in [-0.4, -0.2) is 65.4 Å². The van der Waals surface area contributed by atoms with Crippen molar-refractivity contribution in [2.45, 2.75) is 31.0 Å². The second-order valence-electron chi connectivity index (χ2n) is 9.54. The van der Waals surface area contributed by atoms with Crippen LogP contribution in [-0.2, 0) is 4.74 Å². The average molecular weight is 499 g/mol. The lowest BCUT2D eigenvalue weighted by molar-refractivity contribution is -0.0879. The van der Waals surface area contributed by atoms with Gasteiger partial charge in [0.15, 0.2) is 0 Å². The SMILES string of the molecule is COc1ccc2cc(Nc3ccnc(Nc4ccc(OC5CC6COCC(C5)N6C)cc4)n3)cnc2c1. The Morgan fingerprint density at radius 3 is 2.46 bits per heavy atom. The van der Waals surface area contributed by atoms with Gasteiger partial charge in [-0.2, -0.15) is 4.98 Å². The maximum absolute atomic E-state index is 6.31. The number of likely N-dealkylation sites (N-methyl/N-ethyl adjacent to an activating group) is 1. The van der Waals surface area contributed by atoms with Crippen molar-refractivity contribution in [3.05, 3.63) is 67.0 Å². The summed E-state index contributed by atoms with van der Waals surface area (Å²) in [6.07, 6.45) is 5.69. The van der Waals surface area contributed by atoms with Crippen LogP contribution < -0.4 is 20.1 Å². The number of anilines is 4. The molecular formula is C28H30N6O3. The molecule has 0 aliphatic carbocycles. The van der Waals surface area contributed by atoms with Gasteiger partial charge in [-0.3, -0.25) is 9.88 Å². The van der Waals surface area contributed by atoms with Gasteiger partial charge in [0.25, 0.3) is 0 Å². The molecule has 37 heavy (non-hydrogen) atoms. The number of rotatable bonds is 7. The van der Waals surface area contributed by atoms with E-state index in [-0.39, 0.29) is 6.10 Å². The molecule has 2 atom stereocenters. The van der Waals surface area contributed by atoms with Crippen molar-refractivity contribution in [3.63, 3.8) is 0 Å². The van der Waals surface area contributed by atoms with E-state index in [0.29, 0.717) is 23.8 Å². The molecule has 0 saturated carbocycles. The maximum Gasteiger partial charge on any atom is 0.229 e. The molecule has 6 rings (SSSR count). The van der Waals surface area contributed by atoms with Gasteiger partial charge in [0.2, 0.25) is 5.95 Å². The summed E-state index contributed by atoms with van der Waals surface area (Å²) in [7, 11) is 3.84. The number of hydrogen-bond donors (Lipinski definition) is 2. The van der Waals surface area contributed by atoms with Crippen LogP contribution in [0.25, 0.3) is 10.9 Å². The molecule has 2 saturated heterocycles. The van der Waals surface area contributed by atoms with Crippen molar-refractivity contribution >= 4 is 34.0 Å². The third-order valence-electron chi connectivity index (χ3n) is 7.07. The van der Waals surface area contributed by atoms with Crippen molar-refractivity contribution in [1.82, 2.24) is 19.9 Å². The molecule has 0 radical (unpaired) electrons. The smallest absolute Gasteiger partial charge is 0.229 e. The van der Waals surface area contributed by atoms with Gasteiger partial charge < -0.3 is 24.8 Å². The maximum atomic E-state index is 6.31. The zero-order chi connectivity index (χ0) is 25.2. The molecule has 0 amide bonds. The molecule has 0 spiro atoms. The molecule has 2 unspecified atom stereocenters. The molecule has 2 aliphatic heterocycles. The number of morpholine rings is 1. The van der Waals surface area contributed by atoms with Crippen LogP contribution in [0.5, 0.6) is 11.5 Å². The van der Waals surface area contributed by atoms with E-state index in [9.17, 15) is 0 Å². The highest BCUT2D eigenvalue weighted by Crippen LogP contribution is 2.30. The van der Waals surface area contributed by atoms with Gasteiger partial charge in [0.05, 0.1) is 37.7 Å². The number of pyridine rings is 1. The number of ether oxygens (including phenoxy) is 3. The Bertz CT molecular complexity index is 1370. The summed E-state index contributed by atoms with van der Waals surface area (Å²) in [5, 5.41) is 7.59. The van der Waals surface area contributed by atoms with Crippen molar-refractivity contribution < 1.29 is 14.2 Å². The van der Waals surface area contributed by atoms with E-state index in [0.717, 1.165) is 59.8 Å². The second-order valence-corrected chi connectivity index (χ2v) is 9.54. The number of nitrogens with zero attached hydrogens (tertiary/aromatic N) is 4. The standard InChI is InChI=1S/C28H30N6O3/c1-34-21-12-25(13-22(34)17-36-16-21)37-23-7-4-19(5-8-23)32-28-29-10-9-27(33-28)31-20-11-18-3-6-24(35-2)14-26(18)30-15-20/h3-11,14-15,21-22,25H,12-13,16-17H2,1-2H3,(H2,29,31,32,33). The minimum atomic E-state index is 0.214. The van der Waals surface area contributed by atoms with E-state index >= 15 is 0 Å². The predicted octanol–water partition coefficient (Wildman–Crippen LogP) is 4.76. The first-order valence-electron chi connectivity index (χ1n) is 12.5. The summed E-state index contributed by atoms with van der Waals surface area (Å²) in [6, 6.07) is 18.5. The first-order chi connectivity index (χ1) is 18.1. The van der Waals surface area contributed by atoms with Gasteiger partial charge in [0, 0.05) is 48.3 Å². The Kier molecular flexibility index (Phi) is 6.46. The fourth-order valence-electron chi connectivity index (χ4n) is 5.01. The van der Waals surface area contributed by atoms with Gasteiger partial charge >= 0.3 is 0 Å². The largest absolute Gasteiger partial charge is 0.497 e. The Morgan fingerprint density at radius 2 is 1.68 bits per heavy atom. The zero-order valence-electron chi connectivity index (χ0n) is 20.9. The van der Waals surface area contributed by atoms with Gasteiger partial charge in [-0.1, -0.05) is 0 Å². The number of nitrogens with one attached hydrogen (secondary N) is 2. The summed E-state index contributed by atoms with van der Waals surface area (Å²) >= 11 is 0. The molecule has 4 aromatic rings. The number of piperidine rings is 1. The van der Waals surface area contributed by atoms with Crippen LogP contribution in [0.4, 0.5) is 23.1 Å². The lowest BCUT2D eigenvalue weighted by Crippen LogP contribution is -2.57. The fourth-order valence-corrected chi connectivity index (χ4v) is 5.01. The monoisotopic (exact) mass is 498 g/mol. The average Bonchev–Trinajstić information content (AvgIpc) is 2.90. The third-order valence-corrected chi connectivity index (χ3v) is 7.07. The fraction of sp³-hybridized carbons (Fsp3) is 0.321. The highest BCUT2D eigenvalue weighted by molar-refractivity contribution is 5.83. The molecule has 2 aromatic carbocycles. The topological polar surface area (TPSA) is 93.7 Å². The van der Waals surface area contributed by atoms with Crippen LogP contribution in [0.2, 0.25) is 0 Å². The number of methoxy groups -OCH3 is 1. The summed E-state index contributed by atoms with van der Waals surface area (Å²) in [5.41, 5.74) is 2.60. The first-order valence-corrected chi connectivity index (χ1v) is 12.5. The predicted molar refractivity (Wildman–Crippen MR) is 143 cm³/mol. The van der Waals surface area contributed by atoms with Crippen LogP contribution in [0.1, 0.15) is 12.8 Å². The zero-order valence-corrected chi connectivity index (χ0v) is 20.9. The van der Waals surface area contributed by atoms with Crippen molar-refractivity contribution in [2.75, 3.05) is 38.0 Å². The van der Waals surface area contributed by atoms with Gasteiger partial charge in [-0.05, 0) is 55.6 Å². The molecule has 190 valence electrons. The summed E-state index contributed by atoms with van der Waals surface area (Å²) < 4.78 is 17.3. The summed E-state index contributed by atoms with van der Waals surface area (Å²) in [4.78, 5) is 15.9. The highest BCUT2D eigenvalue weighted by atomic mass is 16.5. The van der Waals surface area contributed by atoms with Crippen LogP contribution in [0.15, 0.2) is 67.0 Å². The van der Waals surface area contributed by atoms with Crippen molar-refractivity contribution in [2.24, 2.45) is 0 Å². The number of fused-ring (bicyclic) bond motifs is 3. The van der Waals surface area contributed by atoms with Crippen LogP contribution >= 0.6 is 0 Å². The number of aromatic nitrogens is 3. The number of benzene rings is 2. The van der Waals surface area contributed by atoms with Gasteiger partial charge in [0.1, 0.15) is 23.4 Å². The molecule has 4 heterocycles. The van der Waals surface area contributed by atoms with E-state index in [1.165, 1.54) is 0 Å². The van der Waals surface area contributed by atoms with E-state index in [4.69, 9.17) is 14.2 Å². The molecule has 9 heteroatoms. The van der Waals surface area contributed by atoms with Gasteiger partial charge in [-0.15, -0.1) is 0 Å². The van der Waals surface area contributed by atoms with Crippen molar-refractivity contribution in [1.29, 1.82) is 0 Å². The molecule has 2 fully saturated rings. The normalized spacial score (nSPS) is 21.4. The molecule has 9 nitrogen and oxygen atoms in total. The molecular weight excluding hydrogens is 468 g/mol. The molecule has 2 N–H and O–H groups in total. The van der Waals surface area contributed by atoms with E-state index in [1.807, 2.05) is 54.6 Å². The highest BCUT2D eigenvalue weighted by Gasteiger charge is 2.37. The Morgan fingerprint density at radius 1 is 0.892 bits per heavy atom. The van der Waals surface area contributed by atoms with Crippen molar-refractivity contribution in [3.8, 4) is 11.5 Å². The van der Waals surface area contributed by atoms with Crippen LogP contribution in [0.3, 0.4) is 0 Å².